The number of carbonyl (C=O) groups is 1. The summed E-state index contributed by atoms with van der Waals surface area (Å²) in [6, 6.07) is 7.32. The van der Waals surface area contributed by atoms with E-state index < -0.39 is 0 Å². The van der Waals surface area contributed by atoms with Crippen molar-refractivity contribution in [3.8, 4) is 0 Å². The molecule has 0 aliphatic carbocycles. The lowest BCUT2D eigenvalue weighted by molar-refractivity contribution is 0.0956. The molecule has 0 aromatic heterocycles. The molecule has 1 rings (SSSR count). The van der Waals surface area contributed by atoms with Gasteiger partial charge in [-0.2, -0.15) is 11.8 Å². The Hall–Kier alpha value is -0.520. The third kappa shape index (κ3) is 6.10. The summed E-state index contributed by atoms with van der Waals surface area (Å²) in [5, 5.41) is 11.5. The van der Waals surface area contributed by atoms with E-state index in [4.69, 9.17) is 5.11 Å². The first kappa shape index (κ1) is 14.5. The number of amides is 1. The molecular weight excluding hydrogens is 302 g/mol. The van der Waals surface area contributed by atoms with E-state index in [9.17, 15) is 4.79 Å². The molecule has 94 valence electrons. The van der Waals surface area contributed by atoms with Gasteiger partial charge < -0.3 is 10.4 Å². The van der Waals surface area contributed by atoms with Crippen LogP contribution in [-0.4, -0.2) is 35.7 Å². The number of aliphatic hydroxyl groups excluding tert-OH is 1. The average Bonchev–Trinajstić information content (AvgIpc) is 2.33. The molecule has 0 unspecified atom stereocenters. The van der Waals surface area contributed by atoms with Gasteiger partial charge in [0.25, 0.3) is 5.91 Å². The van der Waals surface area contributed by atoms with Crippen LogP contribution in [0.25, 0.3) is 0 Å². The summed E-state index contributed by atoms with van der Waals surface area (Å²) in [4.78, 5) is 11.7. The first-order chi connectivity index (χ1) is 8.24. The summed E-state index contributed by atoms with van der Waals surface area (Å²) in [5.74, 6) is 1.76. The highest BCUT2D eigenvalue weighted by Crippen LogP contribution is 2.11. The van der Waals surface area contributed by atoms with Crippen molar-refractivity contribution in [2.24, 2.45) is 0 Å². The van der Waals surface area contributed by atoms with Crippen LogP contribution in [0.1, 0.15) is 16.8 Å². The minimum Gasteiger partial charge on any atom is -0.396 e. The molecule has 0 atom stereocenters. The van der Waals surface area contributed by atoms with Crippen LogP contribution in [0.5, 0.6) is 0 Å². The van der Waals surface area contributed by atoms with Crippen molar-refractivity contribution < 1.29 is 9.90 Å². The van der Waals surface area contributed by atoms with E-state index >= 15 is 0 Å². The largest absolute Gasteiger partial charge is 0.396 e. The third-order valence-electron chi connectivity index (χ3n) is 2.07. The van der Waals surface area contributed by atoms with Gasteiger partial charge in [-0.05, 0) is 30.4 Å². The Morgan fingerprint density at radius 1 is 1.41 bits per heavy atom. The molecule has 5 heteroatoms. The monoisotopic (exact) mass is 317 g/mol. The predicted octanol–water partition coefficient (Wildman–Crippen LogP) is 2.29. The molecule has 0 saturated carbocycles. The highest BCUT2D eigenvalue weighted by molar-refractivity contribution is 9.10. The van der Waals surface area contributed by atoms with E-state index in [1.54, 1.807) is 23.9 Å². The van der Waals surface area contributed by atoms with Gasteiger partial charge in [-0.1, -0.05) is 22.0 Å². The highest BCUT2D eigenvalue weighted by Gasteiger charge is 2.04. The number of benzene rings is 1. The summed E-state index contributed by atoms with van der Waals surface area (Å²) in [6.45, 7) is 0.888. The molecule has 0 aliphatic rings. The number of nitrogens with one attached hydrogen (secondary N) is 1. The fourth-order valence-corrected chi connectivity index (χ4v) is 2.42. The van der Waals surface area contributed by atoms with Crippen molar-refractivity contribution >= 4 is 33.6 Å². The van der Waals surface area contributed by atoms with Gasteiger partial charge in [0.1, 0.15) is 0 Å². The molecule has 1 amide bonds. The minimum absolute atomic E-state index is 0.0472. The lowest BCUT2D eigenvalue weighted by Gasteiger charge is -2.05. The second kappa shape index (κ2) is 8.55. The normalized spacial score (nSPS) is 10.2. The molecule has 0 spiro atoms. The molecule has 0 aliphatic heterocycles. The molecular formula is C12H16BrNO2S. The molecule has 0 fully saturated rings. The summed E-state index contributed by atoms with van der Waals surface area (Å²) in [6.07, 6.45) is 0.810. The second-order valence-electron chi connectivity index (χ2n) is 3.46. The first-order valence-corrected chi connectivity index (χ1v) is 7.41. The molecule has 0 heterocycles. The van der Waals surface area contributed by atoms with Gasteiger partial charge in [-0.3, -0.25) is 4.79 Å². The van der Waals surface area contributed by atoms with Crippen molar-refractivity contribution in [3.05, 3.63) is 34.3 Å². The Balaban J connectivity index is 2.21. The third-order valence-corrected chi connectivity index (χ3v) is 3.63. The van der Waals surface area contributed by atoms with Crippen molar-refractivity contribution in [3.63, 3.8) is 0 Å². The maximum absolute atomic E-state index is 11.7. The van der Waals surface area contributed by atoms with Crippen LogP contribution in [0.2, 0.25) is 0 Å². The maximum Gasteiger partial charge on any atom is 0.251 e. The number of rotatable bonds is 7. The van der Waals surface area contributed by atoms with Crippen LogP contribution >= 0.6 is 27.7 Å². The number of hydrogen-bond acceptors (Lipinski definition) is 3. The molecule has 0 bridgehead atoms. The van der Waals surface area contributed by atoms with E-state index in [1.807, 2.05) is 12.1 Å². The Kier molecular flexibility index (Phi) is 7.32. The lowest BCUT2D eigenvalue weighted by Crippen LogP contribution is -2.25. The SMILES string of the molecule is O=C(NCCSCCCO)c1cccc(Br)c1. The summed E-state index contributed by atoms with van der Waals surface area (Å²) >= 11 is 5.07. The quantitative estimate of drug-likeness (QED) is 0.759. The second-order valence-corrected chi connectivity index (χ2v) is 5.60. The van der Waals surface area contributed by atoms with Crippen LogP contribution in [0, 0.1) is 0 Å². The molecule has 17 heavy (non-hydrogen) atoms. The molecule has 1 aromatic rings. The lowest BCUT2D eigenvalue weighted by atomic mass is 10.2. The number of halogens is 1. The van der Waals surface area contributed by atoms with Crippen LogP contribution in [0.3, 0.4) is 0 Å². The van der Waals surface area contributed by atoms with Crippen LogP contribution in [-0.2, 0) is 0 Å². The Labute approximate surface area is 114 Å². The van der Waals surface area contributed by atoms with Gasteiger partial charge >= 0.3 is 0 Å². The molecule has 0 radical (unpaired) electrons. The van der Waals surface area contributed by atoms with Crippen LogP contribution in [0.15, 0.2) is 28.7 Å². The first-order valence-electron chi connectivity index (χ1n) is 5.46. The maximum atomic E-state index is 11.7. The zero-order chi connectivity index (χ0) is 12.5. The average molecular weight is 318 g/mol. The van der Waals surface area contributed by atoms with Gasteiger partial charge in [0, 0.05) is 28.9 Å². The van der Waals surface area contributed by atoms with Crippen LogP contribution < -0.4 is 5.32 Å². The minimum atomic E-state index is -0.0472. The molecule has 0 saturated heterocycles. The topological polar surface area (TPSA) is 49.3 Å². The molecule has 2 N–H and O–H groups in total. The molecule has 1 aromatic carbocycles. The fourth-order valence-electron chi connectivity index (χ4n) is 1.24. The van der Waals surface area contributed by atoms with Gasteiger partial charge in [0.15, 0.2) is 0 Å². The Morgan fingerprint density at radius 3 is 2.94 bits per heavy atom. The summed E-state index contributed by atoms with van der Waals surface area (Å²) < 4.78 is 0.905. The summed E-state index contributed by atoms with van der Waals surface area (Å²) in [7, 11) is 0. The van der Waals surface area contributed by atoms with Crippen molar-refractivity contribution in [2.45, 2.75) is 6.42 Å². The van der Waals surface area contributed by atoms with Crippen molar-refractivity contribution in [1.82, 2.24) is 5.32 Å². The van der Waals surface area contributed by atoms with E-state index in [0.29, 0.717) is 12.1 Å². The Morgan fingerprint density at radius 2 is 2.24 bits per heavy atom. The van der Waals surface area contributed by atoms with Gasteiger partial charge in [-0.15, -0.1) is 0 Å². The number of carbonyl (C=O) groups excluding carboxylic acids is 1. The van der Waals surface area contributed by atoms with Gasteiger partial charge in [0.05, 0.1) is 0 Å². The zero-order valence-electron chi connectivity index (χ0n) is 9.49. The van der Waals surface area contributed by atoms with Gasteiger partial charge in [-0.25, -0.2) is 0 Å². The Bertz CT molecular complexity index is 360. The standard InChI is InChI=1S/C12H16BrNO2S/c13-11-4-1-3-10(9-11)12(16)14-5-8-17-7-2-6-15/h1,3-4,9,15H,2,5-8H2,(H,14,16). The van der Waals surface area contributed by atoms with E-state index in [1.165, 1.54) is 0 Å². The smallest absolute Gasteiger partial charge is 0.251 e. The number of hydrogen-bond donors (Lipinski definition) is 2. The van der Waals surface area contributed by atoms with Gasteiger partial charge in [0.2, 0.25) is 0 Å². The molecule has 3 nitrogen and oxygen atoms in total. The highest BCUT2D eigenvalue weighted by atomic mass is 79.9. The van der Waals surface area contributed by atoms with Crippen molar-refractivity contribution in [1.29, 1.82) is 0 Å². The number of aliphatic hydroxyl groups is 1. The van der Waals surface area contributed by atoms with Crippen molar-refractivity contribution in [2.75, 3.05) is 24.7 Å². The zero-order valence-corrected chi connectivity index (χ0v) is 11.9. The number of thioether (sulfide) groups is 1. The summed E-state index contributed by atoms with van der Waals surface area (Å²) in [5.41, 5.74) is 0.666. The van der Waals surface area contributed by atoms with E-state index in [0.717, 1.165) is 22.4 Å². The fraction of sp³-hybridized carbons (Fsp3) is 0.417. The van der Waals surface area contributed by atoms with E-state index in [2.05, 4.69) is 21.2 Å². The van der Waals surface area contributed by atoms with Crippen LogP contribution in [0.4, 0.5) is 0 Å². The predicted molar refractivity (Wildman–Crippen MR) is 75.5 cm³/mol. The van der Waals surface area contributed by atoms with E-state index in [-0.39, 0.29) is 12.5 Å².